The Morgan fingerprint density at radius 2 is 1.64 bits per heavy atom. The smallest absolute Gasteiger partial charge is 0.0892 e. The van der Waals surface area contributed by atoms with Crippen molar-refractivity contribution in [2.45, 2.75) is 131 Å². The number of allylic oxidation sites excluding steroid dienone is 2. The highest BCUT2D eigenvalue weighted by atomic mass is 16.6. The molecule has 0 radical (unpaired) electrons. The van der Waals surface area contributed by atoms with E-state index in [0.29, 0.717) is 22.9 Å². The maximum atomic E-state index is 9.69. The first kappa shape index (κ1) is 23.9. The van der Waals surface area contributed by atoms with Gasteiger partial charge in [-0.15, -0.1) is 0 Å². The predicted octanol–water partition coefficient (Wildman–Crippen LogP) is 8.16. The highest BCUT2D eigenvalue weighted by Gasteiger charge is 2.63. The van der Waals surface area contributed by atoms with Crippen molar-refractivity contribution in [1.29, 1.82) is 0 Å². The highest BCUT2D eigenvalue weighted by Crippen LogP contribution is 2.72. The van der Waals surface area contributed by atoms with Gasteiger partial charge in [-0.05, 0) is 112 Å². The number of oxime groups is 1. The summed E-state index contributed by atoms with van der Waals surface area (Å²) >= 11 is 0. The summed E-state index contributed by atoms with van der Waals surface area (Å²) in [5, 5.41) is 13.5. The number of nitrogens with zero attached hydrogens (tertiary/aromatic N) is 1. The fourth-order valence-electron chi connectivity index (χ4n) is 9.99. The molecular formula is C30H49NO2. The van der Waals surface area contributed by atoms with Crippen LogP contribution in [0.3, 0.4) is 0 Å². The molecule has 5 aliphatic rings. The van der Waals surface area contributed by atoms with E-state index in [9.17, 15) is 5.21 Å². The van der Waals surface area contributed by atoms with Gasteiger partial charge < -0.3 is 9.94 Å². The van der Waals surface area contributed by atoms with Crippen LogP contribution in [0.2, 0.25) is 0 Å². The molecule has 1 unspecified atom stereocenters. The van der Waals surface area contributed by atoms with Crippen LogP contribution < -0.4 is 0 Å². The summed E-state index contributed by atoms with van der Waals surface area (Å²) in [4.78, 5) is 0. The topological polar surface area (TPSA) is 45.1 Å². The summed E-state index contributed by atoms with van der Waals surface area (Å²) in [5.74, 6) is 2.21. The van der Waals surface area contributed by atoms with Crippen molar-refractivity contribution in [1.82, 2.24) is 0 Å². The average Bonchev–Trinajstić information content (AvgIpc) is 3.24. The van der Waals surface area contributed by atoms with Crippen LogP contribution in [0, 0.1) is 39.4 Å². The first-order valence-electron chi connectivity index (χ1n) is 13.9. The second-order valence-electron chi connectivity index (χ2n) is 14.4. The Morgan fingerprint density at radius 1 is 0.939 bits per heavy atom. The number of hydrogen-bond acceptors (Lipinski definition) is 3. The normalized spacial score (nSPS) is 47.6. The Bertz CT molecular complexity index is 884. The monoisotopic (exact) mass is 455 g/mol. The summed E-state index contributed by atoms with van der Waals surface area (Å²) in [7, 11) is 0. The molecule has 5 rings (SSSR count). The van der Waals surface area contributed by atoms with E-state index in [2.05, 4.69) is 60.5 Å². The summed E-state index contributed by atoms with van der Waals surface area (Å²) in [6.07, 6.45) is 13.1. The van der Waals surface area contributed by atoms with Crippen LogP contribution in [0.4, 0.5) is 0 Å². The lowest BCUT2D eigenvalue weighted by Crippen LogP contribution is -2.54. The molecule has 1 aliphatic heterocycles. The molecule has 0 aromatic heterocycles. The molecule has 3 fully saturated rings. The minimum atomic E-state index is -0.00663. The van der Waals surface area contributed by atoms with Crippen molar-refractivity contribution in [3.63, 3.8) is 0 Å². The Balaban J connectivity index is 1.42. The maximum Gasteiger partial charge on any atom is 0.0892 e. The van der Waals surface area contributed by atoms with Gasteiger partial charge in [-0.3, -0.25) is 0 Å². The second-order valence-corrected chi connectivity index (χ2v) is 14.4. The third-order valence-corrected chi connectivity index (χ3v) is 12.5. The lowest BCUT2D eigenvalue weighted by molar-refractivity contribution is 0.00898. The Hall–Kier alpha value is -0.830. The lowest BCUT2D eigenvalue weighted by Gasteiger charge is -2.61. The van der Waals surface area contributed by atoms with Crippen molar-refractivity contribution < 1.29 is 9.94 Å². The van der Waals surface area contributed by atoms with Gasteiger partial charge in [-0.25, -0.2) is 0 Å². The Labute approximate surface area is 202 Å². The van der Waals surface area contributed by atoms with Gasteiger partial charge in [0.25, 0.3) is 0 Å². The van der Waals surface area contributed by atoms with Crippen LogP contribution in [0.5, 0.6) is 0 Å². The molecule has 0 aromatic carbocycles. The summed E-state index contributed by atoms with van der Waals surface area (Å²) in [5.41, 5.74) is 5.89. The minimum Gasteiger partial charge on any atom is -0.411 e. The van der Waals surface area contributed by atoms with Gasteiger partial charge in [0.2, 0.25) is 0 Å². The van der Waals surface area contributed by atoms with Gasteiger partial charge in [0.15, 0.2) is 0 Å². The third kappa shape index (κ3) is 3.19. The fraction of sp³-hybridized carbons (Fsp3) is 0.900. The average molecular weight is 456 g/mol. The van der Waals surface area contributed by atoms with Crippen LogP contribution >= 0.6 is 0 Å². The van der Waals surface area contributed by atoms with Gasteiger partial charge >= 0.3 is 0 Å². The zero-order valence-corrected chi connectivity index (χ0v) is 22.7. The van der Waals surface area contributed by atoms with E-state index in [0.717, 1.165) is 30.4 Å². The van der Waals surface area contributed by atoms with Crippen molar-refractivity contribution >= 4 is 5.71 Å². The van der Waals surface area contributed by atoms with Crippen LogP contribution in [0.1, 0.15) is 120 Å². The molecule has 2 saturated carbocycles. The molecule has 1 heterocycles. The first-order chi connectivity index (χ1) is 15.3. The van der Waals surface area contributed by atoms with Crippen LogP contribution in [-0.4, -0.2) is 22.6 Å². The molecule has 1 N–H and O–H groups in total. The van der Waals surface area contributed by atoms with E-state index in [1.165, 1.54) is 51.4 Å². The standard InChI is InChI=1S/C30H49NO2/c1-19(9-12-25-27(4,5)33-25)20-13-17-30(8)22-10-11-23-26(2,3)24(31-32)15-16-28(23,6)21(22)14-18-29(20,30)7/h19-20,23,25,32H,9-18H2,1-8H3/b31-24+/t19-,20-,23+,25?,28-,29-,30+/m1/s1. The highest BCUT2D eigenvalue weighted by molar-refractivity contribution is 5.90. The van der Waals surface area contributed by atoms with E-state index in [1.807, 2.05) is 11.1 Å². The molecule has 3 nitrogen and oxygen atoms in total. The first-order valence-corrected chi connectivity index (χ1v) is 13.9. The Morgan fingerprint density at radius 3 is 2.27 bits per heavy atom. The second kappa shape index (κ2) is 7.34. The summed E-state index contributed by atoms with van der Waals surface area (Å²) in [6, 6.07) is 0. The zero-order chi connectivity index (χ0) is 24.0. The molecule has 1 saturated heterocycles. The molecule has 7 atom stereocenters. The van der Waals surface area contributed by atoms with E-state index in [4.69, 9.17) is 4.74 Å². The number of rotatable bonds is 4. The largest absolute Gasteiger partial charge is 0.411 e. The van der Waals surface area contributed by atoms with Crippen LogP contribution in [0.15, 0.2) is 16.3 Å². The van der Waals surface area contributed by atoms with E-state index < -0.39 is 0 Å². The van der Waals surface area contributed by atoms with Crippen molar-refractivity contribution in [3.8, 4) is 0 Å². The quantitative estimate of drug-likeness (QED) is 0.201. The zero-order valence-electron chi connectivity index (χ0n) is 22.7. The predicted molar refractivity (Wildman–Crippen MR) is 136 cm³/mol. The van der Waals surface area contributed by atoms with E-state index in [-0.39, 0.29) is 16.4 Å². The molecule has 33 heavy (non-hydrogen) atoms. The van der Waals surface area contributed by atoms with Crippen molar-refractivity contribution in [2.24, 2.45) is 44.6 Å². The van der Waals surface area contributed by atoms with Gasteiger partial charge in [-0.2, -0.15) is 0 Å². The summed E-state index contributed by atoms with van der Waals surface area (Å²) < 4.78 is 5.90. The van der Waals surface area contributed by atoms with Gasteiger partial charge in [-0.1, -0.05) is 57.8 Å². The molecule has 0 amide bonds. The lowest BCUT2D eigenvalue weighted by atomic mass is 9.43. The van der Waals surface area contributed by atoms with Crippen LogP contribution in [-0.2, 0) is 4.74 Å². The Kier molecular flexibility index (Phi) is 5.31. The molecule has 0 aromatic rings. The third-order valence-electron chi connectivity index (χ3n) is 12.5. The molecule has 3 heteroatoms. The molecule has 186 valence electrons. The summed E-state index contributed by atoms with van der Waals surface area (Å²) in [6.45, 7) is 19.6. The van der Waals surface area contributed by atoms with Gasteiger partial charge in [0, 0.05) is 5.41 Å². The van der Waals surface area contributed by atoms with E-state index >= 15 is 0 Å². The van der Waals surface area contributed by atoms with Gasteiger partial charge in [0.1, 0.15) is 0 Å². The molecule has 0 bridgehead atoms. The number of epoxide rings is 1. The minimum absolute atomic E-state index is 0.00663. The molecular weight excluding hydrogens is 406 g/mol. The number of ether oxygens (including phenoxy) is 1. The maximum absolute atomic E-state index is 9.69. The van der Waals surface area contributed by atoms with Crippen LogP contribution in [0.25, 0.3) is 0 Å². The SMILES string of the molecule is C[C@H](CCC1OC1(C)C)[C@H]1CC[C@@]2(C)C3=C(CC[C@]12C)[C@@]1(C)CC/C(=N\O)C(C)(C)[C@@H]1CC3. The number of hydrogen-bond donors (Lipinski definition) is 1. The van der Waals surface area contributed by atoms with Crippen molar-refractivity contribution in [2.75, 3.05) is 0 Å². The fourth-order valence-corrected chi connectivity index (χ4v) is 9.99. The molecule has 0 spiro atoms. The van der Waals surface area contributed by atoms with Crippen molar-refractivity contribution in [3.05, 3.63) is 11.1 Å². The van der Waals surface area contributed by atoms with Gasteiger partial charge in [0.05, 0.1) is 17.4 Å². The molecule has 4 aliphatic carbocycles. The van der Waals surface area contributed by atoms with E-state index in [1.54, 1.807) is 0 Å². The number of fused-ring (bicyclic) bond motifs is 4.